The highest BCUT2D eigenvalue weighted by Crippen LogP contribution is 2.37. The van der Waals surface area contributed by atoms with Crippen molar-refractivity contribution in [1.82, 2.24) is 10.2 Å². The van der Waals surface area contributed by atoms with E-state index in [-0.39, 0.29) is 6.61 Å². The van der Waals surface area contributed by atoms with E-state index < -0.39 is 0 Å². The van der Waals surface area contributed by atoms with Crippen molar-refractivity contribution in [3.63, 3.8) is 0 Å². The molecule has 2 aliphatic heterocycles. The van der Waals surface area contributed by atoms with Crippen LogP contribution in [0.25, 0.3) is 0 Å². The lowest BCUT2D eigenvalue weighted by Gasteiger charge is -2.45. The summed E-state index contributed by atoms with van der Waals surface area (Å²) in [5, 5.41) is 12.9. The third-order valence-electron chi connectivity index (χ3n) is 4.51. The minimum Gasteiger partial charge on any atom is -0.395 e. The van der Waals surface area contributed by atoms with Gasteiger partial charge in [0.15, 0.2) is 0 Å². The minimum atomic E-state index is 0.282. The number of rotatable bonds is 5. The topological polar surface area (TPSA) is 35.5 Å². The zero-order chi connectivity index (χ0) is 13.0. The molecule has 0 spiro atoms. The lowest BCUT2D eigenvalue weighted by molar-refractivity contribution is 0.0719. The molecule has 0 aromatic carbocycles. The molecule has 2 aliphatic rings. The highest BCUT2D eigenvalue weighted by atomic mass is 32.2. The smallest absolute Gasteiger partial charge is 0.0558 e. The third kappa shape index (κ3) is 3.62. The van der Waals surface area contributed by atoms with Crippen molar-refractivity contribution in [3.05, 3.63) is 0 Å². The molecule has 0 saturated carbocycles. The van der Waals surface area contributed by atoms with Crippen molar-refractivity contribution < 1.29 is 5.11 Å². The first-order valence-electron chi connectivity index (χ1n) is 7.29. The third-order valence-corrected chi connectivity index (χ3v) is 5.56. The summed E-state index contributed by atoms with van der Waals surface area (Å²) in [4.78, 5) is 2.54. The maximum Gasteiger partial charge on any atom is 0.0558 e. The Balaban J connectivity index is 1.98. The molecule has 18 heavy (non-hydrogen) atoms. The van der Waals surface area contributed by atoms with Crippen molar-refractivity contribution in [3.8, 4) is 0 Å². The van der Waals surface area contributed by atoms with Crippen molar-refractivity contribution in [2.45, 2.75) is 45.2 Å². The average Bonchev–Trinajstić information content (AvgIpc) is 2.81. The Bertz CT molecular complexity index is 254. The summed E-state index contributed by atoms with van der Waals surface area (Å²) >= 11 is 2.07. The molecule has 2 atom stereocenters. The van der Waals surface area contributed by atoms with Crippen LogP contribution in [0.15, 0.2) is 0 Å². The quantitative estimate of drug-likeness (QED) is 0.796. The van der Waals surface area contributed by atoms with Crippen LogP contribution in [0.4, 0.5) is 0 Å². The van der Waals surface area contributed by atoms with Crippen LogP contribution in [0.3, 0.4) is 0 Å². The number of aliphatic hydroxyl groups is 1. The van der Waals surface area contributed by atoms with Gasteiger partial charge in [0.25, 0.3) is 0 Å². The van der Waals surface area contributed by atoms with Gasteiger partial charge in [-0.2, -0.15) is 11.8 Å². The highest BCUT2D eigenvalue weighted by Gasteiger charge is 2.37. The van der Waals surface area contributed by atoms with Gasteiger partial charge in [-0.25, -0.2) is 0 Å². The fourth-order valence-electron chi connectivity index (χ4n) is 3.22. The number of hydrogen-bond donors (Lipinski definition) is 2. The summed E-state index contributed by atoms with van der Waals surface area (Å²) in [5.74, 6) is 2.51. The van der Waals surface area contributed by atoms with E-state index in [2.05, 4.69) is 35.8 Å². The Morgan fingerprint density at radius 1 is 1.44 bits per heavy atom. The SMILES string of the molecule is CC1(C)CCSCC1N(CCO)CC1CCCN1. The summed E-state index contributed by atoms with van der Waals surface area (Å²) in [7, 11) is 0. The molecule has 2 N–H and O–H groups in total. The molecule has 0 amide bonds. The van der Waals surface area contributed by atoms with Gasteiger partial charge in [0, 0.05) is 30.9 Å². The first kappa shape index (κ1) is 14.6. The van der Waals surface area contributed by atoms with Crippen LogP contribution >= 0.6 is 11.8 Å². The first-order chi connectivity index (χ1) is 8.63. The van der Waals surface area contributed by atoms with E-state index in [4.69, 9.17) is 0 Å². The van der Waals surface area contributed by atoms with Gasteiger partial charge in [-0.1, -0.05) is 13.8 Å². The molecule has 4 heteroatoms. The number of nitrogens with one attached hydrogen (secondary N) is 1. The molecule has 3 nitrogen and oxygen atoms in total. The van der Waals surface area contributed by atoms with Crippen LogP contribution in [0.1, 0.15) is 33.1 Å². The van der Waals surface area contributed by atoms with Crippen LogP contribution in [0, 0.1) is 5.41 Å². The van der Waals surface area contributed by atoms with Gasteiger partial charge in [-0.15, -0.1) is 0 Å². The zero-order valence-electron chi connectivity index (χ0n) is 11.8. The molecule has 2 saturated heterocycles. The lowest BCUT2D eigenvalue weighted by Crippen LogP contribution is -2.53. The number of nitrogens with zero attached hydrogens (tertiary/aromatic N) is 1. The minimum absolute atomic E-state index is 0.282. The fraction of sp³-hybridized carbons (Fsp3) is 1.00. The Hall–Kier alpha value is 0.230. The van der Waals surface area contributed by atoms with Gasteiger partial charge in [-0.05, 0) is 37.0 Å². The molecule has 0 aliphatic carbocycles. The van der Waals surface area contributed by atoms with Crippen LogP contribution in [-0.4, -0.2) is 59.8 Å². The van der Waals surface area contributed by atoms with Crippen LogP contribution < -0.4 is 5.32 Å². The Kier molecular flexibility index (Phi) is 5.36. The molecule has 2 fully saturated rings. The number of hydrogen-bond acceptors (Lipinski definition) is 4. The van der Waals surface area contributed by atoms with E-state index >= 15 is 0 Å². The second kappa shape index (κ2) is 6.60. The standard InChI is InChI=1S/C14H28N2OS/c1-14(2)5-9-18-11-13(14)16(7-8-17)10-12-4-3-6-15-12/h12-13,15,17H,3-11H2,1-2H3. The molecule has 2 rings (SSSR count). The van der Waals surface area contributed by atoms with E-state index in [1.165, 1.54) is 37.3 Å². The van der Waals surface area contributed by atoms with Crippen LogP contribution in [-0.2, 0) is 0 Å². The summed E-state index contributed by atoms with van der Waals surface area (Å²) < 4.78 is 0. The molecule has 0 aromatic heterocycles. The van der Waals surface area contributed by atoms with Gasteiger partial charge in [0.05, 0.1) is 6.61 Å². The lowest BCUT2D eigenvalue weighted by atomic mass is 9.81. The zero-order valence-corrected chi connectivity index (χ0v) is 12.6. The first-order valence-corrected chi connectivity index (χ1v) is 8.45. The van der Waals surface area contributed by atoms with E-state index in [0.29, 0.717) is 17.5 Å². The maximum atomic E-state index is 9.34. The molecule has 0 radical (unpaired) electrons. The van der Waals surface area contributed by atoms with Gasteiger partial charge in [-0.3, -0.25) is 4.90 Å². The Morgan fingerprint density at radius 2 is 2.28 bits per heavy atom. The molecule has 2 heterocycles. The Labute approximate surface area is 116 Å². The predicted octanol–water partition coefficient (Wildman–Crippen LogP) is 1.56. The number of thioether (sulfide) groups is 1. The summed E-state index contributed by atoms with van der Waals surface area (Å²) in [6.45, 7) is 8.17. The second-order valence-electron chi connectivity index (χ2n) is 6.34. The molecule has 2 unspecified atom stereocenters. The maximum absolute atomic E-state index is 9.34. The summed E-state index contributed by atoms with van der Waals surface area (Å²) in [5.41, 5.74) is 0.388. The van der Waals surface area contributed by atoms with Crippen molar-refractivity contribution in [1.29, 1.82) is 0 Å². The molecular weight excluding hydrogens is 244 g/mol. The van der Waals surface area contributed by atoms with E-state index in [9.17, 15) is 5.11 Å². The summed E-state index contributed by atoms with van der Waals surface area (Å²) in [6.07, 6.45) is 3.89. The fourth-order valence-corrected chi connectivity index (χ4v) is 4.94. The largest absolute Gasteiger partial charge is 0.395 e. The van der Waals surface area contributed by atoms with E-state index in [0.717, 1.165) is 13.1 Å². The monoisotopic (exact) mass is 272 g/mol. The van der Waals surface area contributed by atoms with E-state index in [1.54, 1.807) is 0 Å². The predicted molar refractivity (Wildman–Crippen MR) is 79.2 cm³/mol. The van der Waals surface area contributed by atoms with Gasteiger partial charge >= 0.3 is 0 Å². The normalized spacial score (nSPS) is 32.0. The molecule has 0 aromatic rings. The van der Waals surface area contributed by atoms with Crippen LogP contribution in [0.2, 0.25) is 0 Å². The molecular formula is C14H28N2OS. The van der Waals surface area contributed by atoms with Gasteiger partial charge < -0.3 is 10.4 Å². The van der Waals surface area contributed by atoms with Gasteiger partial charge in [0.2, 0.25) is 0 Å². The number of aliphatic hydroxyl groups excluding tert-OH is 1. The average molecular weight is 272 g/mol. The van der Waals surface area contributed by atoms with Crippen molar-refractivity contribution >= 4 is 11.8 Å². The molecule has 0 bridgehead atoms. The summed E-state index contributed by atoms with van der Waals surface area (Å²) in [6, 6.07) is 1.25. The van der Waals surface area contributed by atoms with Crippen molar-refractivity contribution in [2.75, 3.05) is 37.7 Å². The van der Waals surface area contributed by atoms with E-state index in [1.807, 2.05) is 0 Å². The van der Waals surface area contributed by atoms with Gasteiger partial charge in [0.1, 0.15) is 0 Å². The highest BCUT2D eigenvalue weighted by molar-refractivity contribution is 7.99. The Morgan fingerprint density at radius 3 is 2.89 bits per heavy atom. The molecule has 106 valence electrons. The van der Waals surface area contributed by atoms with Crippen molar-refractivity contribution in [2.24, 2.45) is 5.41 Å². The second-order valence-corrected chi connectivity index (χ2v) is 7.49. The van der Waals surface area contributed by atoms with Crippen LogP contribution in [0.5, 0.6) is 0 Å².